The highest BCUT2D eigenvalue weighted by molar-refractivity contribution is 7.98. The van der Waals surface area contributed by atoms with E-state index >= 15 is 0 Å². The number of nitrogens with one attached hydrogen (secondary N) is 3. The molecule has 0 aromatic heterocycles. The Balaban J connectivity index is 2.95. The molecule has 0 saturated carbocycles. The van der Waals surface area contributed by atoms with Crippen LogP contribution in [0.15, 0.2) is 30.3 Å². The summed E-state index contributed by atoms with van der Waals surface area (Å²) in [5, 5.41) is 26.1. The van der Waals surface area contributed by atoms with Crippen molar-refractivity contribution in [3.63, 3.8) is 0 Å². The third kappa shape index (κ3) is 11.2. The van der Waals surface area contributed by atoms with E-state index in [9.17, 15) is 34.2 Å². The average molecular weight is 512 g/mol. The molecule has 0 heterocycles. The summed E-state index contributed by atoms with van der Waals surface area (Å²) in [6, 6.07) is 3.83. The molecule has 0 radical (unpaired) electrons. The van der Waals surface area contributed by atoms with E-state index in [-0.39, 0.29) is 25.7 Å². The van der Waals surface area contributed by atoms with Gasteiger partial charge >= 0.3 is 5.97 Å². The third-order valence-corrected chi connectivity index (χ3v) is 5.64. The van der Waals surface area contributed by atoms with Crippen LogP contribution in [0.3, 0.4) is 0 Å². The van der Waals surface area contributed by atoms with Crippen LogP contribution in [-0.4, -0.2) is 82.6 Å². The van der Waals surface area contributed by atoms with Crippen molar-refractivity contribution < 1.29 is 34.2 Å². The van der Waals surface area contributed by atoms with Crippen LogP contribution in [0.5, 0.6) is 0 Å². The Kier molecular flexibility index (Phi) is 13.4. The van der Waals surface area contributed by atoms with Gasteiger partial charge in [-0.2, -0.15) is 11.8 Å². The van der Waals surface area contributed by atoms with Gasteiger partial charge in [0, 0.05) is 12.8 Å². The minimum atomic E-state index is -1.45. The number of carbonyl (C=O) groups excluding carboxylic acids is 4. The molecule has 0 fully saturated rings. The Hall–Kier alpha value is -3.16. The molecule has 12 nitrogen and oxygen atoms in total. The zero-order valence-corrected chi connectivity index (χ0v) is 20.3. The number of carboxylic acids is 1. The number of aliphatic hydroxyl groups excluding tert-OH is 1. The number of carboxylic acid groups (broad SMARTS) is 1. The van der Waals surface area contributed by atoms with E-state index in [0.29, 0.717) is 11.3 Å². The van der Waals surface area contributed by atoms with Crippen molar-refractivity contribution in [3.8, 4) is 0 Å². The summed E-state index contributed by atoms with van der Waals surface area (Å²) in [5.41, 5.74) is 11.6. The van der Waals surface area contributed by atoms with E-state index in [1.54, 1.807) is 36.6 Å². The molecule has 4 amide bonds. The number of hydrogen-bond donors (Lipinski definition) is 7. The first kappa shape index (κ1) is 29.9. The zero-order valence-electron chi connectivity index (χ0n) is 19.4. The fourth-order valence-corrected chi connectivity index (χ4v) is 3.47. The zero-order chi connectivity index (χ0) is 26.4. The van der Waals surface area contributed by atoms with Crippen LogP contribution in [0.2, 0.25) is 0 Å². The van der Waals surface area contributed by atoms with Gasteiger partial charge in [0.2, 0.25) is 23.6 Å². The van der Waals surface area contributed by atoms with Gasteiger partial charge in [-0.05, 0) is 30.4 Å². The smallest absolute Gasteiger partial charge is 0.326 e. The van der Waals surface area contributed by atoms with Crippen molar-refractivity contribution in [1.82, 2.24) is 16.0 Å². The Labute approximate surface area is 207 Å². The van der Waals surface area contributed by atoms with Crippen LogP contribution in [-0.2, 0) is 30.4 Å². The van der Waals surface area contributed by atoms with Gasteiger partial charge in [-0.15, -0.1) is 0 Å². The first-order valence-electron chi connectivity index (χ1n) is 10.9. The maximum absolute atomic E-state index is 13.0. The van der Waals surface area contributed by atoms with Crippen LogP contribution < -0.4 is 27.4 Å². The molecule has 194 valence electrons. The van der Waals surface area contributed by atoms with Gasteiger partial charge in [0.15, 0.2) is 0 Å². The lowest BCUT2D eigenvalue weighted by Crippen LogP contribution is -2.58. The second-order valence-electron chi connectivity index (χ2n) is 7.79. The highest BCUT2D eigenvalue weighted by Gasteiger charge is 2.30. The molecule has 4 unspecified atom stereocenters. The summed E-state index contributed by atoms with van der Waals surface area (Å²) in [7, 11) is 0. The first-order chi connectivity index (χ1) is 16.6. The fourth-order valence-electron chi connectivity index (χ4n) is 3.00. The number of primary amides is 1. The van der Waals surface area contributed by atoms with Crippen LogP contribution in [0.4, 0.5) is 0 Å². The molecule has 0 aliphatic heterocycles. The number of rotatable bonds is 16. The number of aliphatic carboxylic acids is 1. The van der Waals surface area contributed by atoms with Crippen LogP contribution in [0.25, 0.3) is 0 Å². The number of thioether (sulfide) groups is 1. The van der Waals surface area contributed by atoms with Crippen molar-refractivity contribution in [3.05, 3.63) is 35.9 Å². The number of aliphatic hydroxyl groups is 1. The van der Waals surface area contributed by atoms with Gasteiger partial charge in [0.05, 0.1) is 12.6 Å². The fraction of sp³-hybridized carbons (Fsp3) is 0.500. The monoisotopic (exact) mass is 511 g/mol. The van der Waals surface area contributed by atoms with Crippen molar-refractivity contribution >= 4 is 41.4 Å². The van der Waals surface area contributed by atoms with Gasteiger partial charge in [-0.1, -0.05) is 30.3 Å². The summed E-state index contributed by atoms with van der Waals surface area (Å²) in [6.45, 7) is -0.795. The van der Waals surface area contributed by atoms with Crippen LogP contribution in [0, 0.1) is 0 Å². The number of nitrogens with two attached hydrogens (primary N) is 2. The molecule has 9 N–H and O–H groups in total. The standard InChI is InChI=1S/C22H33N5O7S/c1-35-10-9-15(22(33)34)25-21(32)17(12-28)27-20(31)16(11-13-5-3-2-4-6-13)26-19(30)14(23)7-8-18(24)29/h2-6,14-17,28H,7-12,23H2,1H3,(H2,24,29)(H,25,32)(H,26,30)(H,27,31)(H,33,34). The highest BCUT2D eigenvalue weighted by Crippen LogP contribution is 2.06. The van der Waals surface area contributed by atoms with Crippen molar-refractivity contribution in [2.75, 3.05) is 18.6 Å². The molecular weight excluding hydrogens is 478 g/mol. The van der Waals surface area contributed by atoms with Gasteiger partial charge < -0.3 is 37.6 Å². The molecule has 1 aromatic carbocycles. The Morgan fingerprint density at radius 3 is 2.03 bits per heavy atom. The van der Waals surface area contributed by atoms with Crippen molar-refractivity contribution in [1.29, 1.82) is 0 Å². The third-order valence-electron chi connectivity index (χ3n) is 4.99. The SMILES string of the molecule is CSCCC(NC(=O)C(CO)NC(=O)C(Cc1ccccc1)NC(=O)C(N)CCC(N)=O)C(=O)O. The quantitative estimate of drug-likeness (QED) is 0.132. The largest absolute Gasteiger partial charge is 0.480 e. The van der Waals surface area contributed by atoms with Crippen LogP contribution >= 0.6 is 11.8 Å². The predicted molar refractivity (Wildman–Crippen MR) is 130 cm³/mol. The Morgan fingerprint density at radius 2 is 1.49 bits per heavy atom. The lowest BCUT2D eigenvalue weighted by atomic mass is 10.0. The summed E-state index contributed by atoms with van der Waals surface area (Å²) in [6.07, 6.45) is 1.86. The Bertz CT molecular complexity index is 871. The van der Waals surface area contributed by atoms with E-state index in [0.717, 1.165) is 0 Å². The minimum Gasteiger partial charge on any atom is -0.480 e. The van der Waals surface area contributed by atoms with Crippen molar-refractivity contribution in [2.24, 2.45) is 11.5 Å². The van der Waals surface area contributed by atoms with Crippen LogP contribution in [0.1, 0.15) is 24.8 Å². The molecular formula is C22H33N5O7S. The van der Waals surface area contributed by atoms with E-state index in [4.69, 9.17) is 11.5 Å². The highest BCUT2D eigenvalue weighted by atomic mass is 32.2. The van der Waals surface area contributed by atoms with E-state index < -0.39 is 60.4 Å². The van der Waals surface area contributed by atoms with Gasteiger partial charge in [0.25, 0.3) is 0 Å². The lowest BCUT2D eigenvalue weighted by Gasteiger charge is -2.24. The van der Waals surface area contributed by atoms with E-state index in [1.807, 2.05) is 0 Å². The summed E-state index contributed by atoms with van der Waals surface area (Å²) in [5.74, 6) is -3.74. The molecule has 0 bridgehead atoms. The van der Waals surface area contributed by atoms with E-state index in [1.165, 1.54) is 11.8 Å². The van der Waals surface area contributed by atoms with Gasteiger partial charge in [-0.3, -0.25) is 19.2 Å². The molecule has 0 spiro atoms. The number of hydrogen-bond acceptors (Lipinski definition) is 8. The molecule has 4 atom stereocenters. The summed E-state index contributed by atoms with van der Waals surface area (Å²) >= 11 is 1.41. The van der Waals surface area contributed by atoms with Crippen molar-refractivity contribution in [2.45, 2.75) is 49.9 Å². The lowest BCUT2D eigenvalue weighted by molar-refractivity contribution is -0.142. The van der Waals surface area contributed by atoms with Gasteiger partial charge in [0.1, 0.15) is 18.1 Å². The summed E-state index contributed by atoms with van der Waals surface area (Å²) in [4.78, 5) is 60.4. The normalized spacial score (nSPS) is 14.1. The van der Waals surface area contributed by atoms with Gasteiger partial charge in [-0.25, -0.2) is 4.79 Å². The molecule has 0 aliphatic rings. The molecule has 1 aromatic rings. The first-order valence-corrected chi connectivity index (χ1v) is 12.3. The average Bonchev–Trinajstić information content (AvgIpc) is 2.83. The predicted octanol–water partition coefficient (Wildman–Crippen LogP) is -1.89. The summed E-state index contributed by atoms with van der Waals surface area (Å²) < 4.78 is 0. The molecule has 13 heteroatoms. The molecule has 1 rings (SSSR count). The molecule has 0 aliphatic carbocycles. The maximum Gasteiger partial charge on any atom is 0.326 e. The Morgan fingerprint density at radius 1 is 0.914 bits per heavy atom. The number of amides is 4. The number of carbonyl (C=O) groups is 5. The topological polar surface area (TPSA) is 214 Å². The minimum absolute atomic E-state index is 0.0187. The molecule has 0 saturated heterocycles. The second-order valence-corrected chi connectivity index (χ2v) is 8.77. The molecule has 35 heavy (non-hydrogen) atoms. The van der Waals surface area contributed by atoms with E-state index in [2.05, 4.69) is 16.0 Å². The second kappa shape index (κ2) is 15.7. The number of benzene rings is 1. The maximum atomic E-state index is 13.0.